The Morgan fingerprint density at radius 3 is 1.62 bits per heavy atom. The van der Waals surface area contributed by atoms with Gasteiger partial charge in [0.05, 0.1) is 22.5 Å². The molecule has 3 aromatic rings. The normalized spacial score (nSPS) is 10.8. The summed E-state index contributed by atoms with van der Waals surface area (Å²) >= 11 is 0. The zero-order valence-corrected chi connectivity index (χ0v) is 8.42. The summed E-state index contributed by atoms with van der Waals surface area (Å²) in [6.45, 7) is 0. The predicted molar refractivity (Wildman–Crippen MR) is 61.5 cm³/mol. The van der Waals surface area contributed by atoms with Gasteiger partial charge in [-0.05, 0) is 24.3 Å². The van der Waals surface area contributed by atoms with Crippen molar-refractivity contribution in [2.75, 3.05) is 0 Å². The molecule has 16 heavy (non-hydrogen) atoms. The maximum atomic E-state index is 11.7. The average molecular weight is 208 g/mol. The van der Waals surface area contributed by atoms with E-state index in [1.54, 1.807) is 12.4 Å². The van der Waals surface area contributed by atoms with E-state index >= 15 is 0 Å². The Balaban J connectivity index is 2.06. The van der Waals surface area contributed by atoms with Crippen LogP contribution >= 0.6 is 0 Å². The highest BCUT2D eigenvalue weighted by atomic mass is 16.1. The first kappa shape index (κ1) is 8.97. The molecule has 1 aromatic carbocycles. The molecule has 3 heteroatoms. The van der Waals surface area contributed by atoms with Crippen molar-refractivity contribution in [2.45, 2.75) is 0 Å². The van der Waals surface area contributed by atoms with Crippen LogP contribution in [0.2, 0.25) is 0 Å². The molecule has 0 fully saturated rings. The van der Waals surface area contributed by atoms with Crippen LogP contribution in [-0.2, 0) is 0 Å². The number of hydrogen-bond donors (Lipinski definition) is 0. The topological polar surface area (TPSA) is 42.9 Å². The van der Waals surface area contributed by atoms with E-state index in [1.165, 1.54) is 0 Å². The predicted octanol–water partition coefficient (Wildman–Crippen LogP) is 2.05. The summed E-state index contributed by atoms with van der Waals surface area (Å²) in [5, 5.41) is 0. The third-order valence-corrected chi connectivity index (χ3v) is 2.48. The molecule has 0 unspecified atom stereocenters. The van der Waals surface area contributed by atoms with E-state index in [9.17, 15) is 4.79 Å². The van der Waals surface area contributed by atoms with E-state index < -0.39 is 0 Å². The lowest BCUT2D eigenvalue weighted by atomic mass is 10.2. The van der Waals surface area contributed by atoms with Crippen molar-refractivity contribution in [3.8, 4) is 22.5 Å². The summed E-state index contributed by atoms with van der Waals surface area (Å²) in [6.07, 6.45) is 3.37. The molecule has 0 radical (unpaired) electrons. The van der Waals surface area contributed by atoms with Crippen LogP contribution in [-0.4, -0.2) is 9.97 Å². The minimum absolute atomic E-state index is 0.0531. The van der Waals surface area contributed by atoms with Crippen molar-refractivity contribution in [1.82, 2.24) is 9.97 Å². The molecule has 0 spiro atoms. The monoisotopic (exact) mass is 208 g/mol. The van der Waals surface area contributed by atoms with Crippen molar-refractivity contribution < 1.29 is 0 Å². The quantitative estimate of drug-likeness (QED) is 0.647. The molecular formula is C13H8N2O. The highest BCUT2D eigenvalue weighted by Gasteiger charge is 2.26. The lowest BCUT2D eigenvalue weighted by Crippen LogP contribution is -1.80. The van der Waals surface area contributed by atoms with E-state index in [-0.39, 0.29) is 5.43 Å². The van der Waals surface area contributed by atoms with E-state index in [1.807, 2.05) is 36.4 Å². The van der Waals surface area contributed by atoms with Crippen LogP contribution in [0.15, 0.2) is 53.6 Å². The summed E-state index contributed by atoms with van der Waals surface area (Å²) in [5.41, 5.74) is 2.90. The third-order valence-electron chi connectivity index (χ3n) is 2.48. The fourth-order valence-electron chi connectivity index (χ4n) is 1.68. The zero-order chi connectivity index (χ0) is 11.0. The molecule has 0 N–H and O–H groups in total. The largest absolute Gasteiger partial charge is 0.288 e. The Bertz CT molecular complexity index is 568. The average Bonchev–Trinajstić information content (AvgIpc) is 3.03. The van der Waals surface area contributed by atoms with Crippen LogP contribution < -0.4 is 5.43 Å². The van der Waals surface area contributed by atoms with Gasteiger partial charge in [-0.15, -0.1) is 0 Å². The molecule has 0 saturated carbocycles. The van der Waals surface area contributed by atoms with E-state index in [2.05, 4.69) is 9.97 Å². The second-order valence-electron chi connectivity index (χ2n) is 3.51. The maximum Gasteiger partial charge on any atom is 0.199 e. The first-order valence-electron chi connectivity index (χ1n) is 5.00. The van der Waals surface area contributed by atoms with Crippen molar-refractivity contribution in [1.29, 1.82) is 0 Å². The van der Waals surface area contributed by atoms with Gasteiger partial charge in [0.2, 0.25) is 0 Å². The van der Waals surface area contributed by atoms with Crippen molar-refractivity contribution >= 4 is 0 Å². The van der Waals surface area contributed by atoms with Crippen LogP contribution in [0.25, 0.3) is 22.5 Å². The Labute approximate surface area is 92.1 Å². The summed E-state index contributed by atoms with van der Waals surface area (Å²) in [7, 11) is 0. The number of rotatable bonds is 2. The van der Waals surface area contributed by atoms with Crippen molar-refractivity contribution in [3.05, 3.63) is 59.0 Å². The smallest absolute Gasteiger partial charge is 0.199 e. The second kappa shape index (κ2) is 3.38. The fourth-order valence-corrected chi connectivity index (χ4v) is 1.68. The fraction of sp³-hybridized carbons (Fsp3) is 0. The lowest BCUT2D eigenvalue weighted by Gasteiger charge is -1.91. The van der Waals surface area contributed by atoms with E-state index in [0.29, 0.717) is 11.1 Å². The minimum atomic E-state index is 0.0531. The van der Waals surface area contributed by atoms with Crippen molar-refractivity contribution in [2.24, 2.45) is 0 Å². The van der Waals surface area contributed by atoms with Crippen molar-refractivity contribution in [3.63, 3.8) is 0 Å². The molecule has 0 saturated heterocycles. The first-order valence-corrected chi connectivity index (χ1v) is 5.00. The molecule has 3 nitrogen and oxygen atoms in total. The highest BCUT2D eigenvalue weighted by Crippen LogP contribution is 2.31. The van der Waals surface area contributed by atoms with Gasteiger partial charge in [-0.25, -0.2) is 0 Å². The van der Waals surface area contributed by atoms with E-state index in [4.69, 9.17) is 0 Å². The Morgan fingerprint density at radius 1 is 0.750 bits per heavy atom. The molecular weight excluding hydrogens is 200 g/mol. The van der Waals surface area contributed by atoms with E-state index in [0.717, 1.165) is 11.4 Å². The molecule has 0 aliphatic carbocycles. The SMILES string of the molecule is O=c1c(-c2ccccn2)c1-c1ccccn1. The molecule has 0 aliphatic rings. The number of pyridine rings is 2. The second-order valence-corrected chi connectivity index (χ2v) is 3.51. The molecule has 0 atom stereocenters. The molecule has 2 aromatic heterocycles. The minimum Gasteiger partial charge on any atom is -0.288 e. The summed E-state index contributed by atoms with van der Waals surface area (Å²) < 4.78 is 0. The lowest BCUT2D eigenvalue weighted by molar-refractivity contribution is 1.33. The van der Waals surface area contributed by atoms with Gasteiger partial charge < -0.3 is 0 Å². The van der Waals surface area contributed by atoms with Gasteiger partial charge in [0.25, 0.3) is 0 Å². The summed E-state index contributed by atoms with van der Waals surface area (Å²) in [6, 6.07) is 11.1. The molecule has 0 bridgehead atoms. The van der Waals surface area contributed by atoms with Crippen LogP contribution in [0.5, 0.6) is 0 Å². The first-order chi connectivity index (χ1) is 7.88. The van der Waals surface area contributed by atoms with Gasteiger partial charge in [0.1, 0.15) is 0 Å². The molecule has 2 heterocycles. The van der Waals surface area contributed by atoms with Gasteiger partial charge in [-0.3, -0.25) is 14.8 Å². The van der Waals surface area contributed by atoms with Gasteiger partial charge in [-0.2, -0.15) is 0 Å². The van der Waals surface area contributed by atoms with Gasteiger partial charge >= 0.3 is 0 Å². The van der Waals surface area contributed by atoms with Gasteiger partial charge in [0, 0.05) is 12.4 Å². The summed E-state index contributed by atoms with van der Waals surface area (Å²) in [4.78, 5) is 20.0. The molecule has 76 valence electrons. The maximum absolute atomic E-state index is 11.7. The number of aromatic nitrogens is 2. The molecule has 0 aliphatic heterocycles. The van der Waals surface area contributed by atoms with Crippen LogP contribution in [0, 0.1) is 0 Å². The Hall–Kier alpha value is -2.29. The summed E-state index contributed by atoms with van der Waals surface area (Å²) in [5.74, 6) is 0. The van der Waals surface area contributed by atoms with Gasteiger partial charge in [-0.1, -0.05) is 12.1 Å². The number of hydrogen-bond acceptors (Lipinski definition) is 3. The van der Waals surface area contributed by atoms with Crippen LogP contribution in [0.1, 0.15) is 0 Å². The van der Waals surface area contributed by atoms with Gasteiger partial charge in [0.15, 0.2) is 5.43 Å². The molecule has 0 amide bonds. The third kappa shape index (κ3) is 1.34. The molecule has 3 rings (SSSR count). The highest BCUT2D eigenvalue weighted by molar-refractivity contribution is 5.91. The van der Waals surface area contributed by atoms with Crippen LogP contribution in [0.3, 0.4) is 0 Å². The Morgan fingerprint density at radius 2 is 1.25 bits per heavy atom. The zero-order valence-electron chi connectivity index (χ0n) is 8.42. The Kier molecular flexibility index (Phi) is 1.90. The number of nitrogens with zero attached hydrogens (tertiary/aromatic N) is 2. The van der Waals surface area contributed by atoms with Crippen LogP contribution in [0.4, 0.5) is 0 Å². The standard InChI is InChI=1S/C13H8N2O/c16-13-11(9-5-1-3-7-14-9)12(13)10-6-2-4-8-15-10/h1-8H.